The third-order valence-electron chi connectivity index (χ3n) is 4.29. The van der Waals surface area contributed by atoms with Crippen molar-refractivity contribution in [2.75, 3.05) is 0 Å². The molecule has 0 amide bonds. The highest BCUT2D eigenvalue weighted by Crippen LogP contribution is 2.41. The molecule has 0 unspecified atom stereocenters. The Bertz CT molecular complexity index is 771. The van der Waals surface area contributed by atoms with Gasteiger partial charge in [0.15, 0.2) is 0 Å². The summed E-state index contributed by atoms with van der Waals surface area (Å²) in [5.74, 6) is 0.0265. The van der Waals surface area contributed by atoms with Gasteiger partial charge in [-0.25, -0.2) is 0 Å². The van der Waals surface area contributed by atoms with E-state index in [0.717, 1.165) is 5.56 Å². The molecule has 0 aromatic heterocycles. The predicted molar refractivity (Wildman–Crippen MR) is 99.8 cm³/mol. The van der Waals surface area contributed by atoms with Gasteiger partial charge in [0.05, 0.1) is 0 Å². The van der Waals surface area contributed by atoms with E-state index in [0.29, 0.717) is 10.0 Å². The lowest BCUT2D eigenvalue weighted by molar-refractivity contribution is 0.950. The maximum absolute atomic E-state index is 6.54. The van der Waals surface area contributed by atoms with E-state index in [9.17, 15) is 0 Å². The Hall–Kier alpha value is -1.76. The largest absolute Gasteiger partial charge is 0.0839 e. The average Bonchev–Trinajstić information content (AvgIpc) is 2.53. The molecule has 3 aromatic rings. The molecule has 0 spiro atoms. The zero-order valence-corrected chi connectivity index (χ0v) is 14.7. The second-order valence-electron chi connectivity index (χ2n) is 5.78. The molecule has 2 heteroatoms. The number of aryl methyl sites for hydroxylation is 2. The van der Waals surface area contributed by atoms with E-state index in [2.05, 4.69) is 62.4 Å². The lowest BCUT2D eigenvalue weighted by atomic mass is 9.81. The molecule has 0 N–H and O–H groups in total. The molecule has 3 rings (SSSR count). The van der Waals surface area contributed by atoms with E-state index in [1.165, 1.54) is 22.3 Å². The maximum Gasteiger partial charge on any atom is 0.0462 e. The summed E-state index contributed by atoms with van der Waals surface area (Å²) in [7, 11) is 0. The Morgan fingerprint density at radius 3 is 1.48 bits per heavy atom. The fourth-order valence-corrected chi connectivity index (χ4v) is 3.70. The van der Waals surface area contributed by atoms with E-state index >= 15 is 0 Å². The molecule has 0 radical (unpaired) electrons. The summed E-state index contributed by atoms with van der Waals surface area (Å²) in [6.45, 7) is 4.26. The van der Waals surface area contributed by atoms with Gasteiger partial charge in [-0.2, -0.15) is 0 Å². The zero-order chi connectivity index (χ0) is 16.4. The van der Waals surface area contributed by atoms with Gasteiger partial charge in [-0.15, -0.1) is 0 Å². The molecular weight excluding hydrogens is 323 g/mol. The molecule has 0 saturated carbocycles. The average molecular weight is 341 g/mol. The quantitative estimate of drug-likeness (QED) is 0.460. The van der Waals surface area contributed by atoms with Crippen molar-refractivity contribution in [1.29, 1.82) is 0 Å². The summed E-state index contributed by atoms with van der Waals surface area (Å²) in [5.41, 5.74) is 5.90. The van der Waals surface area contributed by atoms with Gasteiger partial charge in [-0.05, 0) is 48.2 Å². The zero-order valence-electron chi connectivity index (χ0n) is 13.2. The number of halogens is 2. The molecule has 0 aliphatic heterocycles. The minimum atomic E-state index is 0.0265. The summed E-state index contributed by atoms with van der Waals surface area (Å²) in [6, 6.07) is 22.5. The van der Waals surface area contributed by atoms with Crippen molar-refractivity contribution in [3.8, 4) is 0 Å². The van der Waals surface area contributed by atoms with Gasteiger partial charge in [0, 0.05) is 21.5 Å². The lowest BCUT2D eigenvalue weighted by Crippen LogP contribution is -2.08. The monoisotopic (exact) mass is 340 g/mol. The summed E-state index contributed by atoms with van der Waals surface area (Å²) in [5, 5.41) is 1.41. The number of hydrogen-bond acceptors (Lipinski definition) is 0. The van der Waals surface area contributed by atoms with Gasteiger partial charge in [0.25, 0.3) is 0 Å². The van der Waals surface area contributed by atoms with Crippen LogP contribution in [0.15, 0.2) is 66.7 Å². The minimum absolute atomic E-state index is 0.0265. The molecule has 3 aromatic carbocycles. The molecule has 0 nitrogen and oxygen atoms in total. The third kappa shape index (κ3) is 3.15. The second-order valence-corrected chi connectivity index (χ2v) is 6.60. The highest BCUT2D eigenvalue weighted by molar-refractivity contribution is 6.36. The van der Waals surface area contributed by atoms with Crippen molar-refractivity contribution >= 4 is 23.2 Å². The molecule has 0 heterocycles. The van der Waals surface area contributed by atoms with Crippen LogP contribution >= 0.6 is 23.2 Å². The number of hydrogen-bond donors (Lipinski definition) is 0. The second kappa shape index (κ2) is 6.78. The van der Waals surface area contributed by atoms with Gasteiger partial charge >= 0.3 is 0 Å². The Kier molecular flexibility index (Phi) is 4.75. The van der Waals surface area contributed by atoms with Crippen LogP contribution in [0.25, 0.3) is 0 Å². The molecule has 0 saturated heterocycles. The summed E-state index contributed by atoms with van der Waals surface area (Å²) in [6.07, 6.45) is 0. The van der Waals surface area contributed by atoms with E-state index in [1.54, 1.807) is 0 Å². The Morgan fingerprint density at radius 1 is 0.609 bits per heavy atom. The van der Waals surface area contributed by atoms with Crippen molar-refractivity contribution < 1.29 is 0 Å². The van der Waals surface area contributed by atoms with Crippen molar-refractivity contribution in [1.82, 2.24) is 0 Å². The highest BCUT2D eigenvalue weighted by Gasteiger charge is 2.24. The van der Waals surface area contributed by atoms with Crippen molar-refractivity contribution in [3.63, 3.8) is 0 Å². The Labute approximate surface area is 147 Å². The Balaban J connectivity index is 2.32. The summed E-state index contributed by atoms with van der Waals surface area (Å²) in [4.78, 5) is 0. The predicted octanol–water partition coefficient (Wildman–Crippen LogP) is 6.79. The molecule has 116 valence electrons. The van der Waals surface area contributed by atoms with E-state index in [1.807, 2.05) is 18.2 Å². The van der Waals surface area contributed by atoms with Crippen LogP contribution in [0.5, 0.6) is 0 Å². The first-order valence-electron chi connectivity index (χ1n) is 7.64. The van der Waals surface area contributed by atoms with E-state index < -0.39 is 0 Å². The van der Waals surface area contributed by atoms with Gasteiger partial charge < -0.3 is 0 Å². The molecular formula is C21H18Cl2. The summed E-state index contributed by atoms with van der Waals surface area (Å²) < 4.78 is 0. The van der Waals surface area contributed by atoms with Crippen LogP contribution in [0.4, 0.5) is 0 Å². The first-order valence-corrected chi connectivity index (χ1v) is 8.40. The van der Waals surface area contributed by atoms with Crippen LogP contribution in [-0.4, -0.2) is 0 Å². The van der Waals surface area contributed by atoms with E-state index in [-0.39, 0.29) is 5.92 Å². The fourth-order valence-electron chi connectivity index (χ4n) is 3.09. The minimum Gasteiger partial charge on any atom is -0.0839 e. The van der Waals surface area contributed by atoms with Crippen molar-refractivity contribution in [2.45, 2.75) is 19.8 Å². The fraction of sp³-hybridized carbons (Fsp3) is 0.143. The Morgan fingerprint density at radius 2 is 1.04 bits per heavy atom. The molecule has 0 fully saturated rings. The van der Waals surface area contributed by atoms with Gasteiger partial charge in [-0.1, -0.05) is 77.8 Å². The van der Waals surface area contributed by atoms with Gasteiger partial charge in [0.1, 0.15) is 0 Å². The SMILES string of the molecule is Cc1ccccc1C(c1ccccc1C)c1c(Cl)cccc1Cl. The van der Waals surface area contributed by atoms with Crippen molar-refractivity contribution in [2.24, 2.45) is 0 Å². The molecule has 0 atom stereocenters. The van der Waals surface area contributed by atoms with Crippen molar-refractivity contribution in [3.05, 3.63) is 105 Å². The highest BCUT2D eigenvalue weighted by atomic mass is 35.5. The number of rotatable bonds is 3. The maximum atomic E-state index is 6.54. The van der Waals surface area contributed by atoms with Gasteiger partial charge in [-0.3, -0.25) is 0 Å². The molecule has 0 aliphatic rings. The topological polar surface area (TPSA) is 0 Å². The normalized spacial score (nSPS) is 11.0. The molecule has 0 bridgehead atoms. The van der Waals surface area contributed by atoms with Crippen LogP contribution in [0.2, 0.25) is 10.0 Å². The smallest absolute Gasteiger partial charge is 0.0462 e. The van der Waals surface area contributed by atoms with Crippen LogP contribution in [0.1, 0.15) is 33.7 Å². The molecule has 23 heavy (non-hydrogen) atoms. The van der Waals surface area contributed by atoms with E-state index in [4.69, 9.17) is 23.2 Å². The molecule has 0 aliphatic carbocycles. The lowest BCUT2D eigenvalue weighted by Gasteiger charge is -2.24. The van der Waals surface area contributed by atoms with Crippen LogP contribution < -0.4 is 0 Å². The van der Waals surface area contributed by atoms with Gasteiger partial charge in [0.2, 0.25) is 0 Å². The first-order chi connectivity index (χ1) is 11.1. The van der Waals surface area contributed by atoms with Crippen LogP contribution in [-0.2, 0) is 0 Å². The third-order valence-corrected chi connectivity index (χ3v) is 4.95. The van der Waals surface area contributed by atoms with Crippen LogP contribution in [0, 0.1) is 13.8 Å². The first kappa shape index (κ1) is 16.1. The standard InChI is InChI=1S/C21H18Cl2/c1-14-8-3-5-10-16(14)20(17-11-6-4-9-15(17)2)21-18(22)12-7-13-19(21)23/h3-13,20H,1-2H3. The summed E-state index contributed by atoms with van der Waals surface area (Å²) >= 11 is 13.1. The number of benzene rings is 3. The van der Waals surface area contributed by atoms with Crippen LogP contribution in [0.3, 0.4) is 0 Å².